The number of benzene rings is 1. The maximum Gasteiger partial charge on any atom is 0.398 e. The van der Waals surface area contributed by atoms with E-state index in [0.717, 1.165) is 22.5 Å². The van der Waals surface area contributed by atoms with Gasteiger partial charge in [0.25, 0.3) is 0 Å². The van der Waals surface area contributed by atoms with Crippen molar-refractivity contribution in [1.82, 2.24) is 4.98 Å². The van der Waals surface area contributed by atoms with Gasteiger partial charge in [-0.05, 0) is 44.2 Å². The molecule has 0 unspecified atom stereocenters. The Morgan fingerprint density at radius 3 is 2.66 bits per heavy atom. The topological polar surface area (TPSA) is 33.2 Å². The average Bonchev–Trinajstić information content (AvgIpc) is 3.08. The predicted molar refractivity (Wildman–Crippen MR) is 119 cm³/mol. The summed E-state index contributed by atoms with van der Waals surface area (Å²) in [6.45, 7) is 4.23. The van der Waals surface area contributed by atoms with Gasteiger partial charge < -0.3 is 9.23 Å². The second kappa shape index (κ2) is 6.62. The number of furan rings is 1. The number of nitrogens with zero attached hydrogens (tertiary/aromatic N) is 3. The summed E-state index contributed by atoms with van der Waals surface area (Å²) in [6, 6.07) is 17.0. The Balaban J connectivity index is 1.62. The number of fused-ring (bicyclic) bond motifs is 3. The molecule has 5 heteroatoms. The zero-order valence-corrected chi connectivity index (χ0v) is 17.2. The van der Waals surface area contributed by atoms with E-state index in [4.69, 9.17) is 4.42 Å². The van der Waals surface area contributed by atoms with Crippen molar-refractivity contribution in [3.05, 3.63) is 77.5 Å². The Kier molecular flexibility index (Phi) is 4.05. The Morgan fingerprint density at radius 1 is 1.07 bits per heavy atom. The van der Waals surface area contributed by atoms with Gasteiger partial charge in [0.05, 0.1) is 0 Å². The van der Waals surface area contributed by atoms with Crippen LogP contribution in [0.3, 0.4) is 0 Å². The highest BCUT2D eigenvalue weighted by atomic mass is 16.4. The van der Waals surface area contributed by atoms with Crippen molar-refractivity contribution in [2.45, 2.75) is 13.8 Å². The number of pyridine rings is 2. The minimum absolute atomic E-state index is 0.0808. The molecule has 0 radical (unpaired) electrons. The summed E-state index contributed by atoms with van der Waals surface area (Å²) >= 11 is 0. The van der Waals surface area contributed by atoms with Crippen molar-refractivity contribution < 1.29 is 8.98 Å². The highest BCUT2D eigenvalue weighted by molar-refractivity contribution is 6.80. The molecule has 29 heavy (non-hydrogen) atoms. The van der Waals surface area contributed by atoms with Gasteiger partial charge in [0, 0.05) is 28.3 Å². The second-order valence-corrected chi connectivity index (χ2v) is 7.81. The number of aryl methyl sites for hydroxylation is 3. The monoisotopic (exact) mass is 380 g/mol. The van der Waals surface area contributed by atoms with E-state index in [1.54, 1.807) is 0 Å². The predicted octanol–water partition coefficient (Wildman–Crippen LogP) is 3.84. The molecule has 4 heterocycles. The summed E-state index contributed by atoms with van der Waals surface area (Å²) in [7, 11) is 4.20. The van der Waals surface area contributed by atoms with Crippen LogP contribution in [0.4, 0.5) is 5.88 Å². The molecule has 0 saturated carbocycles. The van der Waals surface area contributed by atoms with Crippen molar-refractivity contribution in [3.63, 3.8) is 0 Å². The van der Waals surface area contributed by atoms with Gasteiger partial charge in [0.15, 0.2) is 17.7 Å². The normalized spacial score (nSPS) is 13.2. The number of hydrogen-bond acceptors (Lipinski definition) is 3. The van der Waals surface area contributed by atoms with Crippen LogP contribution in [0.2, 0.25) is 0 Å². The van der Waals surface area contributed by atoms with Gasteiger partial charge in [0.2, 0.25) is 5.71 Å². The van der Waals surface area contributed by atoms with E-state index in [1.807, 2.05) is 13.0 Å². The van der Waals surface area contributed by atoms with Gasteiger partial charge >= 0.3 is 6.85 Å². The number of anilines is 1. The van der Waals surface area contributed by atoms with Crippen LogP contribution < -0.4 is 15.0 Å². The summed E-state index contributed by atoms with van der Waals surface area (Å²) in [5, 5.41) is 1.06. The first-order valence-electron chi connectivity index (χ1n) is 9.89. The molecular formula is C24H23BN3O+. The molecule has 142 valence electrons. The third-order valence-corrected chi connectivity index (χ3v) is 5.80. The van der Waals surface area contributed by atoms with Crippen molar-refractivity contribution in [2.24, 2.45) is 7.05 Å². The lowest BCUT2D eigenvalue weighted by atomic mass is 9.55. The van der Waals surface area contributed by atoms with E-state index in [9.17, 15) is 0 Å². The molecule has 0 N–H and O–H groups in total. The smallest absolute Gasteiger partial charge is 0.398 e. The molecule has 1 aromatic carbocycles. The highest BCUT2D eigenvalue weighted by Crippen LogP contribution is 2.35. The zero-order valence-electron chi connectivity index (χ0n) is 17.2. The SMILES string of the molecule is Cc1ccc2c3c(oc2n1)N(C)B(c1cc(-c2ccccc2)c(C)c[n+]1C)C=C3. The summed E-state index contributed by atoms with van der Waals surface area (Å²) in [5.41, 5.74) is 7.72. The van der Waals surface area contributed by atoms with E-state index >= 15 is 0 Å². The lowest BCUT2D eigenvalue weighted by molar-refractivity contribution is -0.654. The van der Waals surface area contributed by atoms with Gasteiger partial charge in [-0.25, -0.2) is 9.55 Å². The first-order valence-corrected chi connectivity index (χ1v) is 9.89. The minimum atomic E-state index is 0.0808. The Morgan fingerprint density at radius 2 is 1.86 bits per heavy atom. The van der Waals surface area contributed by atoms with Gasteiger partial charge in [0.1, 0.15) is 7.05 Å². The fourth-order valence-electron chi connectivity index (χ4n) is 4.26. The van der Waals surface area contributed by atoms with Gasteiger partial charge in [-0.15, -0.1) is 0 Å². The van der Waals surface area contributed by atoms with Crippen LogP contribution >= 0.6 is 0 Å². The zero-order chi connectivity index (χ0) is 20.1. The number of rotatable bonds is 2. The quantitative estimate of drug-likeness (QED) is 0.391. The third kappa shape index (κ3) is 2.85. The van der Waals surface area contributed by atoms with E-state index in [2.05, 4.69) is 96.1 Å². The molecule has 5 rings (SSSR count). The molecule has 0 amide bonds. The first kappa shape index (κ1) is 17.7. The van der Waals surface area contributed by atoms with Crippen LogP contribution in [0.5, 0.6) is 0 Å². The molecular weight excluding hydrogens is 357 g/mol. The summed E-state index contributed by atoms with van der Waals surface area (Å²) in [5.74, 6) is 3.11. The molecule has 1 aliphatic heterocycles. The van der Waals surface area contributed by atoms with Crippen LogP contribution in [-0.4, -0.2) is 18.9 Å². The number of hydrogen-bond donors (Lipinski definition) is 0. The molecule has 1 aliphatic rings. The van der Waals surface area contributed by atoms with Crippen molar-refractivity contribution in [1.29, 1.82) is 0 Å². The van der Waals surface area contributed by atoms with Crippen LogP contribution in [0.25, 0.3) is 28.3 Å². The molecule has 3 aromatic heterocycles. The maximum atomic E-state index is 6.17. The molecule has 4 aromatic rings. The molecule has 0 bridgehead atoms. The molecule has 4 nitrogen and oxygen atoms in total. The van der Waals surface area contributed by atoms with Crippen molar-refractivity contribution >= 4 is 35.5 Å². The fourth-order valence-corrected chi connectivity index (χ4v) is 4.26. The minimum Gasteiger partial charge on any atom is -0.423 e. The van der Waals surface area contributed by atoms with E-state index in [1.165, 1.54) is 22.3 Å². The van der Waals surface area contributed by atoms with Gasteiger partial charge in [-0.1, -0.05) is 42.4 Å². The third-order valence-electron chi connectivity index (χ3n) is 5.80. The molecule has 0 aliphatic carbocycles. The summed E-state index contributed by atoms with van der Waals surface area (Å²) in [4.78, 5) is 6.76. The molecule has 0 spiro atoms. The largest absolute Gasteiger partial charge is 0.423 e. The van der Waals surface area contributed by atoms with Crippen LogP contribution in [0, 0.1) is 13.8 Å². The standard InChI is InChI=1S/C24H23BN3O/c1-16-15-27(3)22(14-21(16)18-8-6-5-7-9-18)25-13-12-20-19-11-10-17(2)26-23(19)29-24(20)28(25)4/h5-15H,1-4H3/q+1. The first-order chi connectivity index (χ1) is 14.0. The van der Waals surface area contributed by atoms with E-state index in [-0.39, 0.29) is 6.85 Å². The van der Waals surface area contributed by atoms with E-state index in [0.29, 0.717) is 5.71 Å². The summed E-state index contributed by atoms with van der Waals surface area (Å²) < 4.78 is 8.38. The molecule has 0 saturated heterocycles. The van der Waals surface area contributed by atoms with Crippen LogP contribution in [-0.2, 0) is 7.05 Å². The Hall–Kier alpha value is -3.34. The Labute approximate surface area is 171 Å². The van der Waals surface area contributed by atoms with Crippen molar-refractivity contribution in [2.75, 3.05) is 11.9 Å². The lowest BCUT2D eigenvalue weighted by Crippen LogP contribution is -2.60. The maximum absolute atomic E-state index is 6.17. The van der Waals surface area contributed by atoms with Crippen molar-refractivity contribution in [3.8, 4) is 11.1 Å². The van der Waals surface area contributed by atoms with Gasteiger partial charge in [-0.3, -0.25) is 0 Å². The second-order valence-electron chi connectivity index (χ2n) is 7.81. The number of aromatic nitrogens is 2. The highest BCUT2D eigenvalue weighted by Gasteiger charge is 2.35. The molecule has 0 fully saturated rings. The molecule has 0 atom stereocenters. The summed E-state index contributed by atoms with van der Waals surface area (Å²) in [6.07, 6.45) is 4.38. The Bertz CT molecular complexity index is 1260. The fraction of sp³-hybridized carbons (Fsp3) is 0.167. The average molecular weight is 380 g/mol. The van der Waals surface area contributed by atoms with Crippen LogP contribution in [0.1, 0.15) is 16.8 Å². The lowest BCUT2D eigenvalue weighted by Gasteiger charge is -2.25. The van der Waals surface area contributed by atoms with Crippen LogP contribution in [0.15, 0.2) is 65.1 Å². The van der Waals surface area contributed by atoms with E-state index < -0.39 is 0 Å². The van der Waals surface area contributed by atoms with Gasteiger partial charge in [-0.2, -0.15) is 0 Å².